The van der Waals surface area contributed by atoms with Crippen LogP contribution in [0.15, 0.2) is 52.1 Å². The average Bonchev–Trinajstić information content (AvgIpc) is 3.18. The van der Waals surface area contributed by atoms with Crippen LogP contribution in [0.4, 0.5) is 5.69 Å². The van der Waals surface area contributed by atoms with Gasteiger partial charge in [-0.05, 0) is 24.5 Å². The van der Waals surface area contributed by atoms with Crippen LogP contribution < -0.4 is 14.8 Å². The van der Waals surface area contributed by atoms with Crippen LogP contribution in [0.1, 0.15) is 10.5 Å². The van der Waals surface area contributed by atoms with Gasteiger partial charge in [0.1, 0.15) is 13.2 Å². The first-order chi connectivity index (χ1) is 12.7. The number of benzene rings is 1. The largest absolute Gasteiger partial charge is 0.486 e. The number of amides is 1. The van der Waals surface area contributed by atoms with Crippen molar-refractivity contribution in [1.29, 1.82) is 0 Å². The van der Waals surface area contributed by atoms with Crippen LogP contribution in [0.3, 0.4) is 0 Å². The Hall–Kier alpha value is -3.00. The zero-order valence-corrected chi connectivity index (χ0v) is 14.7. The molecule has 0 spiro atoms. The van der Waals surface area contributed by atoms with E-state index < -0.39 is 0 Å². The van der Waals surface area contributed by atoms with Crippen molar-refractivity contribution in [3.05, 3.63) is 48.4 Å². The lowest BCUT2D eigenvalue weighted by molar-refractivity contribution is 0.101. The van der Waals surface area contributed by atoms with E-state index in [1.165, 1.54) is 11.8 Å². The summed E-state index contributed by atoms with van der Waals surface area (Å²) >= 11 is 1.51. The molecule has 7 nitrogen and oxygen atoms in total. The van der Waals surface area contributed by atoms with Gasteiger partial charge in [0.25, 0.3) is 5.91 Å². The molecular weight excluding hydrogens is 354 g/mol. The van der Waals surface area contributed by atoms with Gasteiger partial charge >= 0.3 is 0 Å². The SMILES string of the molecule is CSc1cc2c(cc1NC(=O)c1cc(-c3cccnc3)on1)OCCO2. The quantitative estimate of drug-likeness (QED) is 0.705. The number of nitrogens with one attached hydrogen (secondary N) is 1. The third-order valence-electron chi connectivity index (χ3n) is 3.80. The second kappa shape index (κ2) is 7.09. The monoisotopic (exact) mass is 369 g/mol. The molecular formula is C18H15N3O4S. The molecule has 132 valence electrons. The lowest BCUT2D eigenvalue weighted by atomic mass is 10.2. The summed E-state index contributed by atoms with van der Waals surface area (Å²) in [6.07, 6.45) is 5.24. The molecule has 3 aromatic rings. The Balaban J connectivity index is 1.58. The fourth-order valence-electron chi connectivity index (χ4n) is 2.55. The number of hydrogen-bond acceptors (Lipinski definition) is 7. The highest BCUT2D eigenvalue weighted by Crippen LogP contribution is 2.39. The highest BCUT2D eigenvalue weighted by atomic mass is 32.2. The van der Waals surface area contributed by atoms with Crippen LogP contribution in [-0.2, 0) is 0 Å². The van der Waals surface area contributed by atoms with Crippen LogP contribution in [0.2, 0.25) is 0 Å². The maximum absolute atomic E-state index is 12.6. The molecule has 0 radical (unpaired) electrons. The number of nitrogens with zero attached hydrogens (tertiary/aromatic N) is 2. The van der Waals surface area contributed by atoms with Gasteiger partial charge in [0.05, 0.1) is 5.69 Å². The van der Waals surface area contributed by atoms with Gasteiger partial charge in [0, 0.05) is 35.0 Å². The Labute approximate surface area is 153 Å². The van der Waals surface area contributed by atoms with E-state index >= 15 is 0 Å². The number of aromatic nitrogens is 2. The molecule has 1 aliphatic rings. The summed E-state index contributed by atoms with van der Waals surface area (Å²) in [6, 6.07) is 8.83. The first kappa shape index (κ1) is 16.5. The molecule has 0 saturated carbocycles. The van der Waals surface area contributed by atoms with E-state index in [9.17, 15) is 4.79 Å². The number of thioether (sulfide) groups is 1. The number of rotatable bonds is 4. The van der Waals surface area contributed by atoms with Gasteiger partial charge in [-0.25, -0.2) is 0 Å². The minimum atomic E-state index is -0.365. The third-order valence-corrected chi connectivity index (χ3v) is 4.58. The number of hydrogen-bond donors (Lipinski definition) is 1. The van der Waals surface area contributed by atoms with Gasteiger partial charge in [0.2, 0.25) is 0 Å². The maximum atomic E-state index is 12.6. The number of fused-ring (bicyclic) bond motifs is 1. The Morgan fingerprint density at radius 1 is 1.19 bits per heavy atom. The molecule has 3 heterocycles. The number of anilines is 1. The summed E-state index contributed by atoms with van der Waals surface area (Å²) < 4.78 is 16.4. The molecule has 2 aromatic heterocycles. The van der Waals surface area contributed by atoms with Gasteiger partial charge in [-0.15, -0.1) is 11.8 Å². The Kier molecular flexibility index (Phi) is 4.49. The van der Waals surface area contributed by atoms with Gasteiger partial charge < -0.3 is 19.3 Å². The van der Waals surface area contributed by atoms with E-state index in [0.29, 0.717) is 36.2 Å². The van der Waals surface area contributed by atoms with E-state index in [1.54, 1.807) is 30.6 Å². The number of carbonyl (C=O) groups is 1. The van der Waals surface area contributed by atoms with Gasteiger partial charge in [-0.1, -0.05) is 5.16 Å². The number of ether oxygens (including phenoxy) is 2. The first-order valence-corrected chi connectivity index (χ1v) is 9.13. The van der Waals surface area contributed by atoms with Crippen molar-refractivity contribution in [3.8, 4) is 22.8 Å². The highest BCUT2D eigenvalue weighted by Gasteiger charge is 2.19. The van der Waals surface area contributed by atoms with Crippen molar-refractivity contribution in [2.24, 2.45) is 0 Å². The zero-order chi connectivity index (χ0) is 17.9. The first-order valence-electron chi connectivity index (χ1n) is 7.90. The normalized spacial score (nSPS) is 12.7. The minimum Gasteiger partial charge on any atom is -0.486 e. The minimum absolute atomic E-state index is 0.186. The van der Waals surface area contributed by atoms with Gasteiger partial charge in [-0.3, -0.25) is 9.78 Å². The molecule has 0 aliphatic carbocycles. The summed E-state index contributed by atoms with van der Waals surface area (Å²) in [5, 5.41) is 6.71. The molecule has 1 amide bonds. The van der Waals surface area contributed by atoms with E-state index in [4.69, 9.17) is 14.0 Å². The number of carbonyl (C=O) groups excluding carboxylic acids is 1. The second-order valence-corrected chi connectivity index (χ2v) is 6.32. The van der Waals surface area contributed by atoms with Crippen LogP contribution in [0.25, 0.3) is 11.3 Å². The summed E-state index contributed by atoms with van der Waals surface area (Å²) in [7, 11) is 0. The zero-order valence-electron chi connectivity index (χ0n) is 13.9. The van der Waals surface area contributed by atoms with Crippen LogP contribution in [0, 0.1) is 0 Å². The van der Waals surface area contributed by atoms with Gasteiger partial charge in [-0.2, -0.15) is 0 Å². The second-order valence-electron chi connectivity index (χ2n) is 5.47. The van der Waals surface area contributed by atoms with Gasteiger partial charge in [0.15, 0.2) is 23.0 Å². The van der Waals surface area contributed by atoms with Crippen molar-refractivity contribution in [1.82, 2.24) is 10.1 Å². The fourth-order valence-corrected chi connectivity index (χ4v) is 3.10. The maximum Gasteiger partial charge on any atom is 0.277 e. The summed E-state index contributed by atoms with van der Waals surface area (Å²) in [5.74, 6) is 1.41. The lowest BCUT2D eigenvalue weighted by Crippen LogP contribution is -2.17. The molecule has 26 heavy (non-hydrogen) atoms. The van der Waals surface area contributed by atoms with E-state index in [-0.39, 0.29) is 11.6 Å². The molecule has 0 saturated heterocycles. The van der Waals surface area contributed by atoms with Crippen LogP contribution in [0.5, 0.6) is 11.5 Å². The summed E-state index contributed by atoms with van der Waals surface area (Å²) in [5.41, 5.74) is 1.58. The topological polar surface area (TPSA) is 86.5 Å². The van der Waals surface area contributed by atoms with Crippen molar-refractivity contribution < 1.29 is 18.8 Å². The molecule has 8 heteroatoms. The summed E-state index contributed by atoms with van der Waals surface area (Å²) in [6.45, 7) is 0.999. The third kappa shape index (κ3) is 3.23. The molecule has 0 bridgehead atoms. The molecule has 0 fully saturated rings. The van der Waals surface area contributed by atoms with Crippen LogP contribution >= 0.6 is 11.8 Å². The van der Waals surface area contributed by atoms with E-state index in [0.717, 1.165) is 10.5 Å². The van der Waals surface area contributed by atoms with E-state index in [1.807, 2.05) is 18.4 Å². The van der Waals surface area contributed by atoms with Crippen molar-refractivity contribution in [2.75, 3.05) is 24.8 Å². The predicted octanol–water partition coefficient (Wildman–Crippen LogP) is 3.48. The Morgan fingerprint density at radius 3 is 2.73 bits per heavy atom. The lowest BCUT2D eigenvalue weighted by Gasteiger charge is -2.20. The molecule has 1 N–H and O–H groups in total. The molecule has 0 atom stereocenters. The van der Waals surface area contributed by atoms with Crippen LogP contribution in [-0.4, -0.2) is 35.5 Å². The Morgan fingerprint density at radius 2 is 2.00 bits per heavy atom. The summed E-state index contributed by atoms with van der Waals surface area (Å²) in [4.78, 5) is 17.5. The van der Waals surface area contributed by atoms with Crippen molar-refractivity contribution in [2.45, 2.75) is 4.90 Å². The highest BCUT2D eigenvalue weighted by molar-refractivity contribution is 7.98. The average molecular weight is 369 g/mol. The number of pyridine rings is 1. The van der Waals surface area contributed by atoms with Crippen molar-refractivity contribution >= 4 is 23.4 Å². The standard InChI is InChI=1S/C18H15N3O4S/c1-26-17-9-16-15(23-5-6-24-16)7-12(17)20-18(22)13-8-14(25-21-13)11-3-2-4-19-10-11/h2-4,7-10H,5-6H2,1H3,(H,20,22). The smallest absolute Gasteiger partial charge is 0.277 e. The van der Waals surface area contributed by atoms with E-state index in [2.05, 4.69) is 15.5 Å². The molecule has 1 aliphatic heterocycles. The molecule has 4 rings (SSSR count). The predicted molar refractivity (Wildman–Crippen MR) is 96.9 cm³/mol. The molecule has 0 unspecified atom stereocenters. The van der Waals surface area contributed by atoms with Crippen molar-refractivity contribution in [3.63, 3.8) is 0 Å². The molecule has 1 aromatic carbocycles. The Bertz CT molecular complexity index is 943. The fraction of sp³-hybridized carbons (Fsp3) is 0.167.